The number of anilines is 3. The summed E-state index contributed by atoms with van der Waals surface area (Å²) in [4.78, 5) is 41.7. The fraction of sp³-hybridized carbons (Fsp3) is 0.260. The number of carboxylic acids is 2. The molecule has 2 fully saturated rings. The van der Waals surface area contributed by atoms with Gasteiger partial charge in [-0.15, -0.1) is 5.92 Å². The van der Waals surface area contributed by atoms with Crippen LogP contribution < -0.4 is 34.0 Å². The molecule has 5 atom stereocenters. The molecular weight excluding hydrogens is 1480 g/mol. The number of benzene rings is 9. The van der Waals surface area contributed by atoms with E-state index in [0.29, 0.717) is 39.8 Å². The minimum atomic E-state index is -1.35. The van der Waals surface area contributed by atoms with E-state index in [1.165, 1.54) is 124 Å². The van der Waals surface area contributed by atoms with Crippen molar-refractivity contribution in [2.24, 2.45) is 31.3 Å². The zero-order chi connectivity index (χ0) is 84.5. The minimum Gasteiger partial charge on any atom is -0.872 e. The number of para-hydroxylation sites is 2. The molecule has 0 spiro atoms. The van der Waals surface area contributed by atoms with E-state index in [0.717, 1.165) is 38.5 Å². The fourth-order valence-corrected chi connectivity index (χ4v) is 19.0. The third-order valence-electron chi connectivity index (χ3n) is 25.3. The van der Waals surface area contributed by atoms with Gasteiger partial charge in [0, 0.05) is 158 Å². The number of carboxylic acid groups (broad SMARTS) is 2. The van der Waals surface area contributed by atoms with Gasteiger partial charge in [-0.25, -0.2) is 9.59 Å². The summed E-state index contributed by atoms with van der Waals surface area (Å²) < 4.78 is 9.12. The Bertz CT molecular complexity index is 6010. The second kappa shape index (κ2) is 34.3. The molecule has 15 heteroatoms. The lowest BCUT2D eigenvalue weighted by Gasteiger charge is -2.53. The van der Waals surface area contributed by atoms with Crippen molar-refractivity contribution in [3.63, 3.8) is 0 Å². The molecule has 4 aromatic heterocycles. The van der Waals surface area contributed by atoms with Crippen molar-refractivity contribution in [2.75, 3.05) is 57.0 Å². The number of carbonyl (C=O) groups is 3. The summed E-state index contributed by atoms with van der Waals surface area (Å²) in [6.07, 6.45) is 16.9. The van der Waals surface area contributed by atoms with Crippen molar-refractivity contribution in [3.05, 3.63) is 314 Å². The summed E-state index contributed by atoms with van der Waals surface area (Å²) in [5.74, 6) is 3.69. The fourth-order valence-electron chi connectivity index (χ4n) is 19.0. The van der Waals surface area contributed by atoms with Crippen molar-refractivity contribution in [3.8, 4) is 34.7 Å². The summed E-state index contributed by atoms with van der Waals surface area (Å²) in [6.45, 7) is 12.8. The van der Waals surface area contributed by atoms with E-state index in [1.54, 1.807) is 54.1 Å². The predicted molar refractivity (Wildman–Crippen MR) is 480 cm³/mol. The highest BCUT2D eigenvalue weighted by molar-refractivity contribution is 6.02. The van der Waals surface area contributed by atoms with Crippen LogP contribution in [-0.2, 0) is 25.3 Å². The molecular formula is C104H105N7O8. The molecule has 119 heavy (non-hydrogen) atoms. The number of fused-ring (bicyclic) bond motifs is 8. The number of rotatable bonds is 14. The largest absolute Gasteiger partial charge is 0.872 e. The predicted octanol–water partition coefficient (Wildman–Crippen LogP) is 19.2. The third kappa shape index (κ3) is 16.3. The van der Waals surface area contributed by atoms with Gasteiger partial charge < -0.3 is 49.4 Å². The van der Waals surface area contributed by atoms with Gasteiger partial charge in [-0.2, -0.15) is 9.13 Å². The monoisotopic (exact) mass is 1580 g/mol. The maximum absolute atomic E-state index is 12.9. The highest BCUT2D eigenvalue weighted by Crippen LogP contribution is 2.67. The van der Waals surface area contributed by atoms with Gasteiger partial charge >= 0.3 is 11.9 Å². The number of carbonyl (C=O) groups excluding carboxylic acids is 1. The SMILES string of the molecule is CC#C[C@]1(O)CC[C@H]2[C@@H]3CCC4=CC(=O)CCC4=C3[C@@H](c3ccc(N(C)C)cc3)C[C@@]21C.Cc1cc(/C=C/c2ccc3cc(N(C)C)ccc3[n+]2C)c(C)n1-c1ccccc1.Cc1cc(/C=C/c2ccc3cc(N(C)C)ccc3[n+]2C)c(C)n1-c1ccccc1.O=C(O)c1cc2ccccc2c(Cc2c([O-])c(C(=O)O)cc3ccccc23)c1[O-]. The summed E-state index contributed by atoms with van der Waals surface area (Å²) in [5.41, 5.74) is 22.4. The Kier molecular flexibility index (Phi) is 23.8. The molecule has 2 saturated carbocycles. The van der Waals surface area contributed by atoms with Crippen LogP contribution in [0.4, 0.5) is 17.1 Å². The molecule has 0 aliphatic heterocycles. The summed E-state index contributed by atoms with van der Waals surface area (Å²) >= 11 is 0. The first kappa shape index (κ1) is 82.5. The molecule has 13 aromatic rings. The normalized spacial score (nSPS) is 17.9. The summed E-state index contributed by atoms with van der Waals surface area (Å²) in [7, 11) is 16.7. The minimum absolute atomic E-state index is 0.158. The van der Waals surface area contributed by atoms with Crippen molar-refractivity contribution in [2.45, 2.75) is 104 Å². The van der Waals surface area contributed by atoms with Gasteiger partial charge in [0.2, 0.25) is 22.4 Å². The Hall–Kier alpha value is -13.0. The van der Waals surface area contributed by atoms with Crippen molar-refractivity contribution >= 4 is 102 Å². The van der Waals surface area contributed by atoms with Crippen LogP contribution in [0.2, 0.25) is 0 Å². The van der Waals surface area contributed by atoms with E-state index in [1.807, 2.05) is 13.0 Å². The lowest BCUT2D eigenvalue weighted by Crippen LogP contribution is -2.51. The average Bonchev–Trinajstić information content (AvgIpc) is 1.59. The van der Waals surface area contributed by atoms with Crippen molar-refractivity contribution in [1.82, 2.24) is 9.13 Å². The molecule has 0 bridgehead atoms. The molecule has 0 saturated heterocycles. The van der Waals surface area contributed by atoms with E-state index < -0.39 is 29.0 Å². The molecule has 0 radical (unpaired) electrons. The molecule has 9 aromatic carbocycles. The molecule has 604 valence electrons. The number of aliphatic hydroxyl groups is 1. The highest BCUT2D eigenvalue weighted by Gasteiger charge is 2.62. The standard InChI is InChI=1S/C29H35NO2.2C26H28N3.C23H16O6/c1-5-15-29(32)16-14-26-24-12-8-20-17-22(31)11-13-23(20)27(24)25(18-28(26,29)2)19-6-9-21(10-7-19)30(3)4;2*1-19-17-21(20(2)29(19)24-9-7-6-8-10-24)11-13-23-14-12-22-18-25(27(3)4)15-16-26(22)28(23)5;24-20-16(14-7-3-1-5-12(14)9-18(20)22(26)27)11-17-15-8-4-2-6-13(15)10-19(21(17)25)23(28)29/h6-7,9-10,17,24-26,32H,8,11-14,16,18H2,1-4H3;2*6-18H,1-5H3;1-10,24-25H,11H2,(H,26,27)(H,28,29)/q;2*+1;/p-2/t24-,25+,26-,28-,29-;;;/m0.../s1. The first-order valence-electron chi connectivity index (χ1n) is 40.9. The van der Waals surface area contributed by atoms with Gasteiger partial charge in [0.1, 0.15) is 19.7 Å². The number of allylic oxidation sites excluding steroid dienone is 4. The van der Waals surface area contributed by atoms with E-state index >= 15 is 0 Å². The number of hydrogen-bond donors (Lipinski definition) is 3. The van der Waals surface area contributed by atoms with Crippen LogP contribution in [0.15, 0.2) is 241 Å². The van der Waals surface area contributed by atoms with Gasteiger partial charge in [-0.1, -0.05) is 127 Å². The molecule has 3 N–H and O–H groups in total. The quantitative estimate of drug-likeness (QED) is 0.0695. The van der Waals surface area contributed by atoms with Gasteiger partial charge in [0.25, 0.3) is 0 Å². The average molecular weight is 1580 g/mol. The maximum atomic E-state index is 12.9. The summed E-state index contributed by atoms with van der Waals surface area (Å²) in [6, 6.07) is 72.8. The number of pyridine rings is 2. The maximum Gasteiger partial charge on any atom is 0.335 e. The topological polar surface area (TPSA) is 185 Å². The number of nitrogens with zero attached hydrogens (tertiary/aromatic N) is 7. The first-order chi connectivity index (χ1) is 57.1. The first-order valence-corrected chi connectivity index (χ1v) is 40.9. The smallest absolute Gasteiger partial charge is 0.335 e. The number of aromatic carboxylic acids is 2. The number of ketones is 1. The van der Waals surface area contributed by atoms with Gasteiger partial charge in [0.05, 0.1) is 11.1 Å². The Balaban J connectivity index is 0.000000130. The number of aryl methyl sites for hydroxylation is 4. The van der Waals surface area contributed by atoms with E-state index in [9.17, 15) is 39.9 Å². The van der Waals surface area contributed by atoms with Crippen LogP contribution in [0.5, 0.6) is 11.5 Å². The molecule has 4 aliphatic carbocycles. The van der Waals surface area contributed by atoms with Crippen LogP contribution in [0.25, 0.3) is 79.0 Å². The second-order valence-electron chi connectivity index (χ2n) is 33.0. The van der Waals surface area contributed by atoms with Gasteiger partial charge in [0.15, 0.2) is 5.78 Å². The Morgan fingerprint density at radius 3 is 1.45 bits per heavy atom. The summed E-state index contributed by atoms with van der Waals surface area (Å²) in [5, 5.41) is 61.0. The van der Waals surface area contributed by atoms with Crippen LogP contribution in [0.1, 0.15) is 147 Å². The number of aromatic nitrogens is 4. The van der Waals surface area contributed by atoms with Crippen LogP contribution >= 0.6 is 0 Å². The van der Waals surface area contributed by atoms with Crippen LogP contribution in [0, 0.1) is 56.8 Å². The van der Waals surface area contributed by atoms with Crippen molar-refractivity contribution in [1.29, 1.82) is 0 Å². The van der Waals surface area contributed by atoms with Crippen LogP contribution in [-0.4, -0.2) is 90.1 Å². The lowest BCUT2D eigenvalue weighted by atomic mass is 9.51. The lowest BCUT2D eigenvalue weighted by molar-refractivity contribution is -0.646. The van der Waals surface area contributed by atoms with Crippen LogP contribution in [0.3, 0.4) is 0 Å². The Morgan fingerprint density at radius 2 is 0.992 bits per heavy atom. The molecule has 15 nitrogen and oxygen atoms in total. The molecule has 0 amide bonds. The molecule has 0 unspecified atom stereocenters. The van der Waals surface area contributed by atoms with E-state index in [2.05, 4.69) is 318 Å². The Labute approximate surface area is 698 Å². The highest BCUT2D eigenvalue weighted by atomic mass is 16.4. The number of hydrogen-bond acceptors (Lipinski definition) is 9. The zero-order valence-electron chi connectivity index (χ0n) is 70.6. The van der Waals surface area contributed by atoms with Gasteiger partial charge in [-0.05, 0) is 267 Å². The van der Waals surface area contributed by atoms with Gasteiger partial charge in [-0.3, -0.25) is 4.79 Å². The van der Waals surface area contributed by atoms with E-state index in [-0.39, 0.29) is 45.8 Å². The second-order valence-corrected chi connectivity index (χ2v) is 33.0. The molecule has 4 aliphatic rings. The third-order valence-corrected chi connectivity index (χ3v) is 25.3. The Morgan fingerprint density at radius 1 is 0.538 bits per heavy atom. The van der Waals surface area contributed by atoms with Crippen molar-refractivity contribution < 1.29 is 49.1 Å². The molecule has 4 heterocycles. The molecule has 17 rings (SSSR count). The van der Waals surface area contributed by atoms with E-state index in [4.69, 9.17) is 0 Å². The zero-order valence-corrected chi connectivity index (χ0v) is 70.6.